The SMILES string of the molecule is C=CC(=O)N1CC[C@@H](N(C)c2nc(OC[C@@]34CCCN3C[C@H](F)C4)nc3c(F)c(-c4ccc(F)c5sc(N)nc45)c(C#N)cc23)[C@H]1C. The molecule has 5 heterocycles. The van der Waals surface area contributed by atoms with Gasteiger partial charge in [0.15, 0.2) is 10.9 Å². The van der Waals surface area contributed by atoms with Crippen LogP contribution in [0, 0.1) is 23.0 Å². The maximum absolute atomic E-state index is 16.9. The van der Waals surface area contributed by atoms with Crippen molar-refractivity contribution in [1.82, 2.24) is 24.8 Å². The summed E-state index contributed by atoms with van der Waals surface area (Å²) in [6.45, 7) is 7.29. The predicted octanol–water partition coefficient (Wildman–Crippen LogP) is 5.21. The maximum Gasteiger partial charge on any atom is 0.319 e. The van der Waals surface area contributed by atoms with Gasteiger partial charge in [-0.1, -0.05) is 17.9 Å². The first kappa shape index (κ1) is 31.1. The smallest absolute Gasteiger partial charge is 0.319 e. The molecule has 10 nitrogen and oxygen atoms in total. The quantitative estimate of drug-likeness (QED) is 0.266. The molecule has 0 bridgehead atoms. The lowest BCUT2D eigenvalue weighted by Crippen LogP contribution is -2.44. The first-order chi connectivity index (χ1) is 22.5. The number of anilines is 2. The number of likely N-dealkylation sites (N-methyl/N-ethyl adjacent to an activating group) is 1. The molecule has 244 valence electrons. The molecule has 3 aliphatic heterocycles. The van der Waals surface area contributed by atoms with Crippen molar-refractivity contribution in [2.24, 2.45) is 0 Å². The summed E-state index contributed by atoms with van der Waals surface area (Å²) in [7, 11) is 1.80. The molecule has 2 aromatic carbocycles. The molecule has 4 aromatic rings. The van der Waals surface area contributed by atoms with E-state index in [1.807, 2.05) is 11.8 Å². The number of carbonyl (C=O) groups excluding carboxylic acids is 1. The number of hydrogen-bond donors (Lipinski definition) is 1. The van der Waals surface area contributed by atoms with Gasteiger partial charge in [0.1, 0.15) is 29.9 Å². The topological polar surface area (TPSA) is 124 Å². The van der Waals surface area contributed by atoms with Crippen molar-refractivity contribution >= 4 is 49.3 Å². The van der Waals surface area contributed by atoms with Gasteiger partial charge in [-0.3, -0.25) is 9.69 Å². The number of nitriles is 1. The highest BCUT2D eigenvalue weighted by Gasteiger charge is 2.49. The number of aromatic nitrogens is 3. The molecule has 0 aliphatic carbocycles. The Bertz CT molecular complexity index is 1980. The molecule has 3 saturated heterocycles. The van der Waals surface area contributed by atoms with E-state index in [1.165, 1.54) is 24.3 Å². The molecule has 47 heavy (non-hydrogen) atoms. The van der Waals surface area contributed by atoms with E-state index in [1.54, 1.807) is 11.9 Å². The van der Waals surface area contributed by atoms with Crippen LogP contribution in [0.15, 0.2) is 30.9 Å². The van der Waals surface area contributed by atoms with Crippen molar-refractivity contribution in [2.75, 3.05) is 43.9 Å². The van der Waals surface area contributed by atoms with Crippen molar-refractivity contribution in [1.29, 1.82) is 5.26 Å². The van der Waals surface area contributed by atoms with Gasteiger partial charge < -0.3 is 20.3 Å². The Kier molecular flexibility index (Phi) is 7.71. The Hall–Kier alpha value is -4.48. The zero-order chi connectivity index (χ0) is 33.2. The minimum absolute atomic E-state index is 0.0234. The first-order valence-corrected chi connectivity index (χ1v) is 16.3. The van der Waals surface area contributed by atoms with E-state index in [-0.39, 0.29) is 73.5 Å². The fraction of sp³-hybridized carbons (Fsp3) is 0.424. The molecule has 3 fully saturated rings. The van der Waals surface area contributed by atoms with E-state index in [2.05, 4.69) is 27.5 Å². The van der Waals surface area contributed by atoms with E-state index >= 15 is 4.39 Å². The monoisotopic (exact) mass is 662 g/mol. The van der Waals surface area contributed by atoms with Gasteiger partial charge >= 0.3 is 6.01 Å². The fourth-order valence-corrected chi connectivity index (χ4v) is 8.51. The molecule has 0 radical (unpaired) electrons. The number of alkyl halides is 1. The number of hydrogen-bond acceptors (Lipinski definition) is 10. The van der Waals surface area contributed by atoms with E-state index in [4.69, 9.17) is 15.5 Å². The second kappa shape index (κ2) is 11.6. The summed E-state index contributed by atoms with van der Waals surface area (Å²) < 4.78 is 52.5. The number of amides is 1. The minimum Gasteiger partial charge on any atom is -0.461 e. The van der Waals surface area contributed by atoms with Gasteiger partial charge in [-0.25, -0.2) is 18.2 Å². The zero-order valence-electron chi connectivity index (χ0n) is 26.0. The average Bonchev–Trinajstić information content (AvgIpc) is 3.81. The zero-order valence-corrected chi connectivity index (χ0v) is 26.8. The number of ether oxygens (including phenoxy) is 1. The summed E-state index contributed by atoms with van der Waals surface area (Å²) in [5.74, 6) is -1.26. The average molecular weight is 663 g/mol. The van der Waals surface area contributed by atoms with Crippen LogP contribution in [0.4, 0.5) is 24.1 Å². The van der Waals surface area contributed by atoms with Crippen molar-refractivity contribution in [2.45, 2.75) is 56.4 Å². The molecule has 1 amide bonds. The standard InChI is InChI=1S/C33H33F3N8O2S/c1-4-24(45)44-11-8-23(17(44)2)42(3)30-21-12-18(14-37)25(20-6-7-22(35)29-28(20)39-31(38)47-29)26(36)27(21)40-32(41-30)46-16-33-9-5-10-43(33)15-19(34)13-33/h4,6-7,12,17,19,23H,1,5,8-11,13,15-16H2,2-3H3,(H2,38,39)/t17-,19-,23-,33+/m1/s1. The van der Waals surface area contributed by atoms with Gasteiger partial charge in [-0.2, -0.15) is 15.2 Å². The van der Waals surface area contributed by atoms with Gasteiger partial charge in [0.2, 0.25) is 5.91 Å². The molecule has 4 atom stereocenters. The lowest BCUT2D eigenvalue weighted by atomic mass is 9.95. The third kappa shape index (κ3) is 5.03. The number of halogens is 3. The van der Waals surface area contributed by atoms with Crippen LogP contribution >= 0.6 is 11.3 Å². The van der Waals surface area contributed by atoms with Crippen LogP contribution in [-0.2, 0) is 4.79 Å². The van der Waals surface area contributed by atoms with Crippen LogP contribution in [0.25, 0.3) is 32.2 Å². The number of nitrogens with two attached hydrogens (primary N) is 1. The molecule has 0 unspecified atom stereocenters. The number of fused-ring (bicyclic) bond motifs is 3. The van der Waals surface area contributed by atoms with E-state index in [0.717, 1.165) is 30.7 Å². The van der Waals surface area contributed by atoms with E-state index < -0.39 is 23.3 Å². The molecule has 7 rings (SSSR count). The van der Waals surface area contributed by atoms with Crippen LogP contribution in [-0.4, -0.2) is 87.7 Å². The lowest BCUT2D eigenvalue weighted by molar-refractivity contribution is -0.126. The Morgan fingerprint density at radius 3 is 2.87 bits per heavy atom. The molecular formula is C33H33F3N8O2S. The van der Waals surface area contributed by atoms with Crippen LogP contribution < -0.4 is 15.4 Å². The summed E-state index contributed by atoms with van der Waals surface area (Å²) in [6.07, 6.45) is 2.95. The normalized spacial score (nSPS) is 24.2. The minimum atomic E-state index is -0.958. The van der Waals surface area contributed by atoms with Gasteiger partial charge in [-0.05, 0) is 57.0 Å². The highest BCUT2D eigenvalue weighted by Crippen LogP contribution is 2.43. The third-order valence-electron chi connectivity index (χ3n) is 10.0. The highest BCUT2D eigenvalue weighted by molar-refractivity contribution is 7.22. The van der Waals surface area contributed by atoms with Crippen molar-refractivity contribution in [3.63, 3.8) is 0 Å². The number of rotatable bonds is 7. The second-order valence-electron chi connectivity index (χ2n) is 12.6. The van der Waals surface area contributed by atoms with Crippen LogP contribution in [0.5, 0.6) is 6.01 Å². The Morgan fingerprint density at radius 2 is 2.11 bits per heavy atom. The predicted molar refractivity (Wildman–Crippen MR) is 174 cm³/mol. The summed E-state index contributed by atoms with van der Waals surface area (Å²) in [5, 5.41) is 10.6. The molecule has 2 N–H and O–H groups in total. The molecule has 0 spiro atoms. The second-order valence-corrected chi connectivity index (χ2v) is 13.6. The Morgan fingerprint density at radius 1 is 1.30 bits per heavy atom. The van der Waals surface area contributed by atoms with Crippen molar-refractivity contribution in [3.05, 3.63) is 48.1 Å². The number of likely N-dealkylation sites (tertiary alicyclic amines) is 1. The van der Waals surface area contributed by atoms with E-state index in [0.29, 0.717) is 31.7 Å². The first-order valence-electron chi connectivity index (χ1n) is 15.5. The molecule has 0 saturated carbocycles. The number of nitrogen functional groups attached to an aromatic ring is 1. The van der Waals surface area contributed by atoms with Gasteiger partial charge in [0, 0.05) is 49.1 Å². The van der Waals surface area contributed by atoms with Crippen LogP contribution in [0.1, 0.15) is 38.2 Å². The van der Waals surface area contributed by atoms with E-state index in [9.17, 15) is 18.8 Å². The lowest BCUT2D eigenvalue weighted by Gasteiger charge is -2.33. The van der Waals surface area contributed by atoms with Crippen molar-refractivity contribution in [3.8, 4) is 23.2 Å². The number of thiazole rings is 1. The largest absolute Gasteiger partial charge is 0.461 e. The van der Waals surface area contributed by atoms with Gasteiger partial charge in [-0.15, -0.1) is 0 Å². The van der Waals surface area contributed by atoms with Gasteiger partial charge in [0.25, 0.3) is 0 Å². The molecule has 14 heteroatoms. The molecular weight excluding hydrogens is 629 g/mol. The van der Waals surface area contributed by atoms with Gasteiger partial charge in [0.05, 0.1) is 33.4 Å². The van der Waals surface area contributed by atoms with Crippen LogP contribution in [0.2, 0.25) is 0 Å². The maximum atomic E-state index is 16.9. The summed E-state index contributed by atoms with van der Waals surface area (Å²) in [4.78, 5) is 31.7. The summed E-state index contributed by atoms with van der Waals surface area (Å²) in [6, 6.07) is 5.65. The summed E-state index contributed by atoms with van der Waals surface area (Å²) in [5.41, 5.74) is 5.52. The molecule has 3 aliphatic rings. The number of nitrogens with zero attached hydrogens (tertiary/aromatic N) is 7. The fourth-order valence-electron chi connectivity index (χ4n) is 7.74. The summed E-state index contributed by atoms with van der Waals surface area (Å²) >= 11 is 0.932. The Labute approximate surface area is 273 Å². The number of benzene rings is 2. The van der Waals surface area contributed by atoms with Crippen LogP contribution in [0.3, 0.4) is 0 Å². The number of carbonyl (C=O) groups is 1. The molecule has 2 aromatic heterocycles. The highest BCUT2D eigenvalue weighted by atomic mass is 32.1. The Balaban J connectivity index is 1.38. The third-order valence-corrected chi connectivity index (χ3v) is 10.9. The van der Waals surface area contributed by atoms with Crippen molar-refractivity contribution < 1.29 is 22.7 Å².